The van der Waals surface area contributed by atoms with E-state index in [9.17, 15) is 4.79 Å². The van der Waals surface area contributed by atoms with Crippen molar-refractivity contribution >= 4 is 33.3 Å². The standard InChI is InChI=1S/C16H19BrN4O/c1-10(2)8-18-15-7-14(19-9-20-15)16(22)21-12-5-4-11(3)13(17)6-12/h4-7,9-10H,8H2,1-3H3,(H,21,22)(H,18,19,20). The first kappa shape index (κ1) is 16.4. The molecule has 2 aromatic rings. The number of carbonyl (C=O) groups excluding carboxylic acids is 1. The molecule has 0 aliphatic rings. The molecule has 116 valence electrons. The molecule has 0 fully saturated rings. The fourth-order valence-electron chi connectivity index (χ4n) is 1.75. The summed E-state index contributed by atoms with van der Waals surface area (Å²) in [6, 6.07) is 7.32. The van der Waals surface area contributed by atoms with Crippen LogP contribution in [0.3, 0.4) is 0 Å². The predicted molar refractivity (Wildman–Crippen MR) is 92.2 cm³/mol. The molecule has 0 spiro atoms. The Kier molecular flexibility index (Phi) is 5.49. The zero-order valence-corrected chi connectivity index (χ0v) is 14.4. The number of benzene rings is 1. The van der Waals surface area contributed by atoms with Crippen LogP contribution in [0.25, 0.3) is 0 Å². The summed E-state index contributed by atoms with van der Waals surface area (Å²) < 4.78 is 0.951. The average Bonchev–Trinajstić information content (AvgIpc) is 2.49. The lowest BCUT2D eigenvalue weighted by atomic mass is 10.2. The van der Waals surface area contributed by atoms with Crippen molar-refractivity contribution in [3.05, 3.63) is 46.3 Å². The molecule has 0 saturated heterocycles. The number of nitrogens with one attached hydrogen (secondary N) is 2. The van der Waals surface area contributed by atoms with Crippen LogP contribution in [0.1, 0.15) is 29.9 Å². The average molecular weight is 363 g/mol. The van der Waals surface area contributed by atoms with Gasteiger partial charge in [0.2, 0.25) is 0 Å². The van der Waals surface area contributed by atoms with Crippen LogP contribution in [0.4, 0.5) is 11.5 Å². The van der Waals surface area contributed by atoms with Gasteiger partial charge in [-0.05, 0) is 30.5 Å². The Labute approximate surface area is 138 Å². The molecule has 0 aliphatic heterocycles. The summed E-state index contributed by atoms with van der Waals surface area (Å²) in [4.78, 5) is 20.4. The van der Waals surface area contributed by atoms with Crippen molar-refractivity contribution in [2.45, 2.75) is 20.8 Å². The van der Waals surface area contributed by atoms with Gasteiger partial charge in [0.25, 0.3) is 5.91 Å². The highest BCUT2D eigenvalue weighted by Crippen LogP contribution is 2.21. The van der Waals surface area contributed by atoms with Crippen molar-refractivity contribution in [3.8, 4) is 0 Å². The third kappa shape index (κ3) is 4.53. The summed E-state index contributed by atoms with van der Waals surface area (Å²) >= 11 is 3.45. The lowest BCUT2D eigenvalue weighted by Crippen LogP contribution is -2.15. The van der Waals surface area contributed by atoms with Gasteiger partial charge >= 0.3 is 0 Å². The molecule has 5 nitrogen and oxygen atoms in total. The zero-order valence-electron chi connectivity index (χ0n) is 12.9. The monoisotopic (exact) mass is 362 g/mol. The maximum absolute atomic E-state index is 12.3. The van der Waals surface area contributed by atoms with E-state index in [1.807, 2.05) is 25.1 Å². The minimum absolute atomic E-state index is 0.259. The fourth-order valence-corrected chi connectivity index (χ4v) is 2.13. The molecule has 1 amide bonds. The topological polar surface area (TPSA) is 66.9 Å². The maximum atomic E-state index is 12.3. The summed E-state index contributed by atoms with van der Waals surface area (Å²) in [5, 5.41) is 6.01. The summed E-state index contributed by atoms with van der Waals surface area (Å²) in [6.07, 6.45) is 1.39. The highest BCUT2D eigenvalue weighted by molar-refractivity contribution is 9.10. The van der Waals surface area contributed by atoms with Crippen LogP contribution >= 0.6 is 15.9 Å². The Morgan fingerprint density at radius 3 is 2.73 bits per heavy atom. The third-order valence-corrected chi connectivity index (χ3v) is 3.88. The van der Waals surface area contributed by atoms with Crippen LogP contribution in [0, 0.1) is 12.8 Å². The van der Waals surface area contributed by atoms with Crippen molar-refractivity contribution in [3.63, 3.8) is 0 Å². The maximum Gasteiger partial charge on any atom is 0.274 e. The van der Waals surface area contributed by atoms with Gasteiger partial charge in [-0.15, -0.1) is 0 Å². The van der Waals surface area contributed by atoms with E-state index in [-0.39, 0.29) is 5.91 Å². The van der Waals surface area contributed by atoms with Crippen molar-refractivity contribution < 1.29 is 4.79 Å². The molecule has 1 aromatic heterocycles. The molecule has 2 rings (SSSR count). The van der Waals surface area contributed by atoms with E-state index >= 15 is 0 Å². The summed E-state index contributed by atoms with van der Waals surface area (Å²) in [5.41, 5.74) is 2.16. The largest absolute Gasteiger partial charge is 0.370 e. The van der Waals surface area contributed by atoms with Crippen LogP contribution in [0.5, 0.6) is 0 Å². The number of anilines is 2. The highest BCUT2D eigenvalue weighted by Gasteiger charge is 2.10. The molecule has 6 heteroatoms. The lowest BCUT2D eigenvalue weighted by Gasteiger charge is -2.09. The Morgan fingerprint density at radius 2 is 2.05 bits per heavy atom. The van der Waals surface area contributed by atoms with Gasteiger partial charge < -0.3 is 10.6 Å². The van der Waals surface area contributed by atoms with Gasteiger partial charge in [0, 0.05) is 22.8 Å². The van der Waals surface area contributed by atoms with E-state index in [1.165, 1.54) is 6.33 Å². The van der Waals surface area contributed by atoms with E-state index in [2.05, 4.69) is 50.4 Å². The molecule has 22 heavy (non-hydrogen) atoms. The molecular formula is C16H19BrN4O. The smallest absolute Gasteiger partial charge is 0.274 e. The van der Waals surface area contributed by atoms with Gasteiger partial charge in [-0.25, -0.2) is 9.97 Å². The molecule has 2 N–H and O–H groups in total. The summed E-state index contributed by atoms with van der Waals surface area (Å²) in [5.74, 6) is 0.891. The highest BCUT2D eigenvalue weighted by atomic mass is 79.9. The summed E-state index contributed by atoms with van der Waals surface area (Å²) in [7, 11) is 0. The fraction of sp³-hybridized carbons (Fsp3) is 0.312. The third-order valence-electron chi connectivity index (χ3n) is 3.02. The van der Waals surface area contributed by atoms with E-state index < -0.39 is 0 Å². The predicted octanol–water partition coefficient (Wildman–Crippen LogP) is 3.87. The van der Waals surface area contributed by atoms with Crippen LogP contribution in [0.15, 0.2) is 35.1 Å². The summed E-state index contributed by atoms with van der Waals surface area (Å²) in [6.45, 7) is 7.00. The van der Waals surface area contributed by atoms with Crippen LogP contribution in [-0.4, -0.2) is 22.4 Å². The SMILES string of the molecule is Cc1ccc(NC(=O)c2cc(NCC(C)C)ncn2)cc1Br. The van der Waals surface area contributed by atoms with Gasteiger partial charge in [-0.3, -0.25) is 4.79 Å². The number of nitrogens with zero attached hydrogens (tertiary/aromatic N) is 2. The number of halogens is 1. The lowest BCUT2D eigenvalue weighted by molar-refractivity contribution is 0.102. The van der Waals surface area contributed by atoms with E-state index in [4.69, 9.17) is 0 Å². The second kappa shape index (κ2) is 7.35. The number of hydrogen-bond acceptors (Lipinski definition) is 4. The minimum Gasteiger partial charge on any atom is -0.370 e. The van der Waals surface area contributed by atoms with Crippen molar-refractivity contribution in [1.82, 2.24) is 9.97 Å². The number of aryl methyl sites for hydroxylation is 1. The molecule has 0 atom stereocenters. The number of aromatic nitrogens is 2. The van der Waals surface area contributed by atoms with Crippen LogP contribution < -0.4 is 10.6 Å². The minimum atomic E-state index is -0.259. The number of carbonyl (C=O) groups is 1. The van der Waals surface area contributed by atoms with Gasteiger partial charge in [0.1, 0.15) is 17.8 Å². The van der Waals surface area contributed by atoms with E-state index in [0.29, 0.717) is 17.4 Å². The first-order valence-corrected chi connectivity index (χ1v) is 7.88. The molecule has 0 radical (unpaired) electrons. The Bertz CT molecular complexity index is 673. The van der Waals surface area contributed by atoms with Crippen molar-refractivity contribution in [2.75, 3.05) is 17.2 Å². The van der Waals surface area contributed by atoms with Gasteiger partial charge in [0.05, 0.1) is 0 Å². The Balaban J connectivity index is 2.08. The van der Waals surface area contributed by atoms with Crippen molar-refractivity contribution in [1.29, 1.82) is 0 Å². The molecule has 1 heterocycles. The first-order chi connectivity index (χ1) is 10.5. The molecule has 0 unspecified atom stereocenters. The Morgan fingerprint density at radius 1 is 1.27 bits per heavy atom. The molecule has 0 saturated carbocycles. The quantitative estimate of drug-likeness (QED) is 0.846. The number of rotatable bonds is 5. The first-order valence-electron chi connectivity index (χ1n) is 7.09. The van der Waals surface area contributed by atoms with Gasteiger partial charge in [-0.2, -0.15) is 0 Å². The van der Waals surface area contributed by atoms with Gasteiger partial charge in [0.15, 0.2) is 0 Å². The van der Waals surface area contributed by atoms with Crippen LogP contribution in [0.2, 0.25) is 0 Å². The normalized spacial score (nSPS) is 10.6. The Hall–Kier alpha value is -1.95. The molecular weight excluding hydrogens is 344 g/mol. The van der Waals surface area contributed by atoms with Crippen LogP contribution in [-0.2, 0) is 0 Å². The zero-order chi connectivity index (χ0) is 16.1. The van der Waals surface area contributed by atoms with Crippen molar-refractivity contribution in [2.24, 2.45) is 5.92 Å². The van der Waals surface area contributed by atoms with E-state index in [1.54, 1.807) is 6.07 Å². The second-order valence-corrected chi connectivity index (χ2v) is 6.34. The molecule has 0 aliphatic carbocycles. The van der Waals surface area contributed by atoms with Gasteiger partial charge in [-0.1, -0.05) is 35.8 Å². The molecule has 0 bridgehead atoms. The number of hydrogen-bond donors (Lipinski definition) is 2. The number of amides is 1. The molecule has 1 aromatic carbocycles. The van der Waals surface area contributed by atoms with E-state index in [0.717, 1.165) is 22.3 Å². The second-order valence-electron chi connectivity index (χ2n) is 5.48.